The maximum Gasteiger partial charge on any atom is -0.00148 e. The first kappa shape index (κ1) is 14.6. The van der Waals surface area contributed by atoms with Gasteiger partial charge in [0.1, 0.15) is 0 Å². The summed E-state index contributed by atoms with van der Waals surface area (Å²) in [7, 11) is 0. The van der Waals surface area contributed by atoms with Gasteiger partial charge in [0.15, 0.2) is 0 Å². The summed E-state index contributed by atoms with van der Waals surface area (Å²) in [5.41, 5.74) is 4.37. The molecule has 1 aromatic rings. The molecule has 1 fully saturated rings. The second kappa shape index (κ2) is 7.09. The monoisotopic (exact) mass is 259 g/mol. The number of benzene rings is 1. The van der Waals surface area contributed by atoms with Crippen LogP contribution >= 0.6 is 0 Å². The molecule has 1 aromatic carbocycles. The van der Waals surface area contributed by atoms with Crippen molar-refractivity contribution in [1.29, 1.82) is 0 Å². The van der Waals surface area contributed by atoms with Gasteiger partial charge in [-0.05, 0) is 61.9 Å². The summed E-state index contributed by atoms with van der Waals surface area (Å²) in [5, 5.41) is 3.57. The lowest BCUT2D eigenvalue weighted by Crippen LogP contribution is -2.28. The van der Waals surface area contributed by atoms with E-state index in [4.69, 9.17) is 0 Å². The van der Waals surface area contributed by atoms with Gasteiger partial charge in [-0.15, -0.1) is 0 Å². The molecule has 0 saturated heterocycles. The van der Waals surface area contributed by atoms with Gasteiger partial charge in [0.25, 0.3) is 0 Å². The average Bonchev–Trinajstić information content (AvgIpc) is 2.92. The predicted molar refractivity (Wildman–Crippen MR) is 83.6 cm³/mol. The van der Waals surface area contributed by atoms with Gasteiger partial charge in [0.05, 0.1) is 0 Å². The van der Waals surface area contributed by atoms with Crippen molar-refractivity contribution in [2.24, 2.45) is 11.8 Å². The minimum absolute atomic E-state index is 0.824. The Morgan fingerprint density at radius 3 is 2.53 bits per heavy atom. The molecule has 0 amide bonds. The zero-order valence-corrected chi connectivity index (χ0v) is 12.8. The Kier molecular flexibility index (Phi) is 5.45. The minimum atomic E-state index is 0.824. The Morgan fingerprint density at radius 2 is 1.89 bits per heavy atom. The molecule has 1 heteroatoms. The molecule has 0 aliphatic heterocycles. The zero-order valence-electron chi connectivity index (χ0n) is 12.8. The van der Waals surface area contributed by atoms with Crippen LogP contribution in [0.2, 0.25) is 0 Å². The van der Waals surface area contributed by atoms with Gasteiger partial charge in [-0.1, -0.05) is 50.8 Å². The van der Waals surface area contributed by atoms with Crippen molar-refractivity contribution < 1.29 is 0 Å². The molecule has 1 nitrogen and oxygen atoms in total. The standard InChI is InChI=1S/C18H29N/c1-4-19-13-18(17-7-5-6-8-17)12-16-10-9-14(2)15(3)11-16/h9-11,17-19H,4-8,12-13H2,1-3H3. The van der Waals surface area contributed by atoms with Crippen molar-refractivity contribution in [3.8, 4) is 0 Å². The van der Waals surface area contributed by atoms with Crippen LogP contribution in [-0.2, 0) is 6.42 Å². The van der Waals surface area contributed by atoms with Crippen LogP contribution in [0.25, 0.3) is 0 Å². The van der Waals surface area contributed by atoms with E-state index in [1.807, 2.05) is 0 Å². The third-order valence-corrected chi connectivity index (χ3v) is 4.79. The summed E-state index contributed by atoms with van der Waals surface area (Å²) in [5.74, 6) is 1.77. The quantitative estimate of drug-likeness (QED) is 0.805. The highest BCUT2D eigenvalue weighted by atomic mass is 14.8. The van der Waals surface area contributed by atoms with E-state index in [-0.39, 0.29) is 0 Å². The molecule has 2 rings (SSSR count). The van der Waals surface area contributed by atoms with Crippen LogP contribution in [0.1, 0.15) is 49.3 Å². The molecule has 1 saturated carbocycles. The highest BCUT2D eigenvalue weighted by molar-refractivity contribution is 5.30. The SMILES string of the molecule is CCNCC(Cc1ccc(C)c(C)c1)C1CCCC1. The molecule has 0 aromatic heterocycles. The number of aryl methyl sites for hydroxylation is 2. The summed E-state index contributed by atoms with van der Waals surface area (Å²) in [6.07, 6.45) is 7.03. The first-order valence-corrected chi connectivity index (χ1v) is 7.97. The van der Waals surface area contributed by atoms with Crippen molar-refractivity contribution in [3.05, 3.63) is 34.9 Å². The van der Waals surface area contributed by atoms with Crippen LogP contribution in [0.3, 0.4) is 0 Å². The van der Waals surface area contributed by atoms with E-state index >= 15 is 0 Å². The van der Waals surface area contributed by atoms with E-state index in [0.29, 0.717) is 0 Å². The number of rotatable bonds is 6. The van der Waals surface area contributed by atoms with E-state index in [1.165, 1.54) is 55.3 Å². The van der Waals surface area contributed by atoms with E-state index in [1.54, 1.807) is 0 Å². The van der Waals surface area contributed by atoms with Gasteiger partial charge < -0.3 is 5.32 Å². The maximum absolute atomic E-state index is 3.57. The van der Waals surface area contributed by atoms with Crippen LogP contribution in [0.5, 0.6) is 0 Å². The molecule has 0 spiro atoms. The summed E-state index contributed by atoms with van der Waals surface area (Å²) in [4.78, 5) is 0. The summed E-state index contributed by atoms with van der Waals surface area (Å²) < 4.78 is 0. The third-order valence-electron chi connectivity index (χ3n) is 4.79. The fourth-order valence-corrected chi connectivity index (χ4v) is 3.40. The molecule has 1 aliphatic carbocycles. The number of nitrogens with one attached hydrogen (secondary N) is 1. The van der Waals surface area contributed by atoms with Crippen LogP contribution in [0.4, 0.5) is 0 Å². The van der Waals surface area contributed by atoms with Crippen molar-refractivity contribution in [2.75, 3.05) is 13.1 Å². The second-order valence-electron chi connectivity index (χ2n) is 6.24. The van der Waals surface area contributed by atoms with Crippen molar-refractivity contribution in [1.82, 2.24) is 5.32 Å². The normalized spacial score (nSPS) is 17.8. The van der Waals surface area contributed by atoms with Crippen molar-refractivity contribution in [2.45, 2.75) is 52.9 Å². The Labute approximate surface area is 118 Å². The van der Waals surface area contributed by atoms with Crippen LogP contribution in [0, 0.1) is 25.7 Å². The molecule has 0 bridgehead atoms. The molecular formula is C18H29N. The number of hydrogen-bond donors (Lipinski definition) is 1. The molecule has 0 radical (unpaired) electrons. The molecule has 19 heavy (non-hydrogen) atoms. The lowest BCUT2D eigenvalue weighted by Gasteiger charge is -2.24. The van der Waals surface area contributed by atoms with E-state index in [9.17, 15) is 0 Å². The van der Waals surface area contributed by atoms with Gasteiger partial charge in [-0.25, -0.2) is 0 Å². The van der Waals surface area contributed by atoms with Crippen molar-refractivity contribution >= 4 is 0 Å². The third kappa shape index (κ3) is 4.07. The zero-order chi connectivity index (χ0) is 13.7. The van der Waals surface area contributed by atoms with E-state index < -0.39 is 0 Å². The fraction of sp³-hybridized carbons (Fsp3) is 0.667. The molecular weight excluding hydrogens is 230 g/mol. The van der Waals surface area contributed by atoms with Gasteiger partial charge in [-0.2, -0.15) is 0 Å². The summed E-state index contributed by atoms with van der Waals surface area (Å²) in [6.45, 7) is 8.92. The van der Waals surface area contributed by atoms with Crippen molar-refractivity contribution in [3.63, 3.8) is 0 Å². The molecule has 1 aliphatic rings. The largest absolute Gasteiger partial charge is 0.317 e. The maximum atomic E-state index is 3.57. The Hall–Kier alpha value is -0.820. The smallest absolute Gasteiger partial charge is 0.00148 e. The predicted octanol–water partition coefficient (Wildman–Crippen LogP) is 4.26. The lowest BCUT2D eigenvalue weighted by molar-refractivity contribution is 0.323. The number of hydrogen-bond acceptors (Lipinski definition) is 1. The minimum Gasteiger partial charge on any atom is -0.317 e. The molecule has 1 N–H and O–H groups in total. The average molecular weight is 259 g/mol. The summed E-state index contributed by atoms with van der Waals surface area (Å²) >= 11 is 0. The highest BCUT2D eigenvalue weighted by Gasteiger charge is 2.24. The molecule has 0 heterocycles. The lowest BCUT2D eigenvalue weighted by atomic mass is 9.85. The van der Waals surface area contributed by atoms with Crippen LogP contribution in [-0.4, -0.2) is 13.1 Å². The Morgan fingerprint density at radius 1 is 1.16 bits per heavy atom. The van der Waals surface area contributed by atoms with Gasteiger partial charge in [0, 0.05) is 0 Å². The van der Waals surface area contributed by atoms with E-state index in [0.717, 1.165) is 18.4 Å². The molecule has 106 valence electrons. The molecule has 1 unspecified atom stereocenters. The second-order valence-corrected chi connectivity index (χ2v) is 6.24. The first-order chi connectivity index (χ1) is 9.20. The Bertz CT molecular complexity index is 391. The summed E-state index contributed by atoms with van der Waals surface area (Å²) in [6, 6.07) is 7.00. The Balaban J connectivity index is 2.03. The van der Waals surface area contributed by atoms with Crippen LogP contribution in [0.15, 0.2) is 18.2 Å². The van der Waals surface area contributed by atoms with E-state index in [2.05, 4.69) is 44.3 Å². The fourth-order valence-electron chi connectivity index (χ4n) is 3.40. The topological polar surface area (TPSA) is 12.0 Å². The molecule has 1 atom stereocenters. The first-order valence-electron chi connectivity index (χ1n) is 7.97. The van der Waals surface area contributed by atoms with Crippen LogP contribution < -0.4 is 5.32 Å². The van der Waals surface area contributed by atoms with Gasteiger partial charge in [0.2, 0.25) is 0 Å². The van der Waals surface area contributed by atoms with Gasteiger partial charge in [-0.3, -0.25) is 0 Å². The van der Waals surface area contributed by atoms with Gasteiger partial charge >= 0.3 is 0 Å². The highest BCUT2D eigenvalue weighted by Crippen LogP contribution is 2.33.